The Hall–Kier alpha value is -3.03. The van der Waals surface area contributed by atoms with Gasteiger partial charge in [0.15, 0.2) is 5.78 Å². The first-order chi connectivity index (χ1) is 13.5. The fourth-order valence-corrected chi connectivity index (χ4v) is 3.73. The van der Waals surface area contributed by atoms with Crippen molar-refractivity contribution in [3.8, 4) is 5.69 Å². The molecule has 29 heavy (non-hydrogen) atoms. The normalized spacial score (nSPS) is 15.3. The lowest BCUT2D eigenvalue weighted by atomic mass is 9.75. The molecule has 8 heteroatoms. The van der Waals surface area contributed by atoms with Crippen LogP contribution in [0.3, 0.4) is 0 Å². The maximum atomic E-state index is 12.6. The summed E-state index contributed by atoms with van der Waals surface area (Å²) >= 11 is 0. The standard InChI is InChI=1S/C21H26N4O4/c1-12(2)11-22-20(27)14-6-7-15(16(8-14)25(28)29)24-17-9-21(4,5)10-18(26)19(17)13(3)23-24/h6-8,12H,9-11H2,1-5H3,(H,22,27). The molecule has 0 saturated heterocycles. The fourth-order valence-electron chi connectivity index (χ4n) is 3.73. The van der Waals surface area contributed by atoms with Gasteiger partial charge < -0.3 is 5.32 Å². The van der Waals surface area contributed by atoms with Crippen LogP contribution in [0.15, 0.2) is 18.2 Å². The molecule has 0 spiro atoms. The predicted octanol–water partition coefficient (Wildman–Crippen LogP) is 3.63. The van der Waals surface area contributed by atoms with Gasteiger partial charge in [0.1, 0.15) is 5.69 Å². The molecule has 0 bridgehead atoms. The minimum atomic E-state index is -0.520. The van der Waals surface area contributed by atoms with Crippen LogP contribution in [-0.4, -0.2) is 32.9 Å². The number of ketones is 1. The zero-order valence-electron chi connectivity index (χ0n) is 17.4. The van der Waals surface area contributed by atoms with E-state index in [1.807, 2.05) is 27.7 Å². The van der Waals surface area contributed by atoms with Crippen LogP contribution in [0, 0.1) is 28.4 Å². The molecule has 3 rings (SSSR count). The number of hydrogen-bond donors (Lipinski definition) is 1. The number of benzene rings is 1. The van der Waals surface area contributed by atoms with Crippen molar-refractivity contribution in [3.05, 3.63) is 50.8 Å². The number of hydrogen-bond acceptors (Lipinski definition) is 5. The van der Waals surface area contributed by atoms with Crippen molar-refractivity contribution in [3.63, 3.8) is 0 Å². The predicted molar refractivity (Wildman–Crippen MR) is 109 cm³/mol. The molecule has 0 fully saturated rings. The number of Topliss-reactive ketones (excluding diaryl/α,β-unsaturated/α-hetero) is 1. The van der Waals surface area contributed by atoms with Crippen LogP contribution in [0.4, 0.5) is 5.69 Å². The molecule has 1 aliphatic carbocycles. The summed E-state index contributed by atoms with van der Waals surface area (Å²) in [5, 5.41) is 19.0. The first-order valence-electron chi connectivity index (χ1n) is 9.69. The van der Waals surface area contributed by atoms with E-state index in [2.05, 4.69) is 10.4 Å². The second kappa shape index (κ2) is 7.42. The molecule has 1 aliphatic rings. The summed E-state index contributed by atoms with van der Waals surface area (Å²) in [6, 6.07) is 4.35. The Morgan fingerprint density at radius 3 is 2.66 bits per heavy atom. The number of aryl methyl sites for hydroxylation is 1. The fraction of sp³-hybridized carbons (Fsp3) is 0.476. The number of fused-ring (bicyclic) bond motifs is 1. The lowest BCUT2D eigenvalue weighted by Gasteiger charge is -2.29. The molecule has 0 unspecified atom stereocenters. The maximum absolute atomic E-state index is 12.6. The Morgan fingerprint density at radius 1 is 1.34 bits per heavy atom. The quantitative estimate of drug-likeness (QED) is 0.611. The van der Waals surface area contributed by atoms with E-state index in [1.165, 1.54) is 16.8 Å². The van der Waals surface area contributed by atoms with Crippen LogP contribution in [0.5, 0.6) is 0 Å². The monoisotopic (exact) mass is 398 g/mol. The largest absolute Gasteiger partial charge is 0.352 e. The van der Waals surface area contributed by atoms with Crippen molar-refractivity contribution < 1.29 is 14.5 Å². The topological polar surface area (TPSA) is 107 Å². The molecule has 0 atom stereocenters. The molecule has 8 nitrogen and oxygen atoms in total. The minimum Gasteiger partial charge on any atom is -0.352 e. The lowest BCUT2D eigenvalue weighted by Crippen LogP contribution is -2.28. The highest BCUT2D eigenvalue weighted by molar-refractivity contribution is 6.00. The third kappa shape index (κ3) is 4.06. The molecule has 1 aromatic heterocycles. The summed E-state index contributed by atoms with van der Waals surface area (Å²) in [7, 11) is 0. The summed E-state index contributed by atoms with van der Waals surface area (Å²) in [4.78, 5) is 36.2. The van der Waals surface area contributed by atoms with Gasteiger partial charge in [0.05, 0.1) is 21.9 Å². The molecular weight excluding hydrogens is 372 g/mol. The molecule has 2 aromatic rings. The molecule has 154 valence electrons. The van der Waals surface area contributed by atoms with Crippen LogP contribution in [-0.2, 0) is 6.42 Å². The Bertz CT molecular complexity index is 1000. The van der Waals surface area contributed by atoms with E-state index in [9.17, 15) is 19.7 Å². The number of nitro benzene ring substituents is 1. The first kappa shape index (κ1) is 20.7. The number of nitrogens with zero attached hydrogens (tertiary/aromatic N) is 3. The van der Waals surface area contributed by atoms with Crippen LogP contribution < -0.4 is 5.32 Å². The zero-order valence-corrected chi connectivity index (χ0v) is 17.4. The van der Waals surface area contributed by atoms with Gasteiger partial charge in [0, 0.05) is 24.6 Å². The second-order valence-corrected chi connectivity index (χ2v) is 8.82. The van der Waals surface area contributed by atoms with Gasteiger partial charge >= 0.3 is 0 Å². The number of rotatable bonds is 5. The average molecular weight is 398 g/mol. The number of nitro groups is 1. The number of aromatic nitrogens is 2. The molecular formula is C21H26N4O4. The number of carbonyl (C=O) groups is 2. The van der Waals surface area contributed by atoms with Gasteiger partial charge in [-0.3, -0.25) is 19.7 Å². The van der Waals surface area contributed by atoms with Crippen LogP contribution >= 0.6 is 0 Å². The molecule has 1 amide bonds. The maximum Gasteiger partial charge on any atom is 0.295 e. The van der Waals surface area contributed by atoms with Crippen molar-refractivity contribution in [2.24, 2.45) is 11.3 Å². The van der Waals surface area contributed by atoms with E-state index < -0.39 is 4.92 Å². The third-order valence-corrected chi connectivity index (χ3v) is 5.05. The molecule has 1 aromatic carbocycles. The van der Waals surface area contributed by atoms with Crippen molar-refractivity contribution in [2.75, 3.05) is 6.54 Å². The van der Waals surface area contributed by atoms with Crippen LogP contribution in [0.2, 0.25) is 0 Å². The van der Waals surface area contributed by atoms with E-state index in [1.54, 1.807) is 13.0 Å². The molecule has 0 aliphatic heterocycles. The Kier molecular flexibility index (Phi) is 5.30. The van der Waals surface area contributed by atoms with Gasteiger partial charge in [-0.25, -0.2) is 4.68 Å². The summed E-state index contributed by atoms with van der Waals surface area (Å²) in [6.07, 6.45) is 1.01. The first-order valence-corrected chi connectivity index (χ1v) is 9.69. The SMILES string of the molecule is Cc1nn(-c2ccc(C(=O)NCC(C)C)cc2[N+](=O)[O-])c2c1C(=O)CC(C)(C)C2. The van der Waals surface area contributed by atoms with Gasteiger partial charge in [-0.05, 0) is 36.8 Å². The van der Waals surface area contributed by atoms with Crippen molar-refractivity contribution in [1.29, 1.82) is 0 Å². The van der Waals surface area contributed by atoms with Crippen LogP contribution in [0.25, 0.3) is 5.69 Å². The smallest absolute Gasteiger partial charge is 0.295 e. The number of nitrogens with one attached hydrogen (secondary N) is 1. The Morgan fingerprint density at radius 2 is 2.03 bits per heavy atom. The van der Waals surface area contributed by atoms with Crippen molar-refractivity contribution in [1.82, 2.24) is 15.1 Å². The highest BCUT2D eigenvalue weighted by Crippen LogP contribution is 2.38. The van der Waals surface area contributed by atoms with Gasteiger partial charge in [-0.15, -0.1) is 0 Å². The van der Waals surface area contributed by atoms with E-state index in [4.69, 9.17) is 0 Å². The van der Waals surface area contributed by atoms with Crippen molar-refractivity contribution in [2.45, 2.75) is 47.5 Å². The average Bonchev–Trinajstić information content (AvgIpc) is 2.94. The number of carbonyl (C=O) groups excluding carboxylic acids is 2. The van der Waals surface area contributed by atoms with Gasteiger partial charge in [0.2, 0.25) is 0 Å². The van der Waals surface area contributed by atoms with Crippen LogP contribution in [0.1, 0.15) is 66.2 Å². The van der Waals surface area contributed by atoms with E-state index >= 15 is 0 Å². The number of amides is 1. The van der Waals surface area contributed by atoms with E-state index in [-0.39, 0.29) is 40.0 Å². The molecule has 0 saturated carbocycles. The summed E-state index contributed by atoms with van der Waals surface area (Å²) in [5.41, 5.74) is 1.80. The Balaban J connectivity index is 2.09. The molecule has 0 radical (unpaired) electrons. The summed E-state index contributed by atoms with van der Waals surface area (Å²) < 4.78 is 1.50. The van der Waals surface area contributed by atoms with Gasteiger partial charge in [0.25, 0.3) is 11.6 Å². The van der Waals surface area contributed by atoms with Gasteiger partial charge in [-0.1, -0.05) is 27.7 Å². The van der Waals surface area contributed by atoms with Crippen molar-refractivity contribution >= 4 is 17.4 Å². The van der Waals surface area contributed by atoms with E-state index in [0.29, 0.717) is 36.3 Å². The third-order valence-electron chi connectivity index (χ3n) is 5.05. The second-order valence-electron chi connectivity index (χ2n) is 8.82. The highest BCUT2D eigenvalue weighted by Gasteiger charge is 2.36. The lowest BCUT2D eigenvalue weighted by molar-refractivity contribution is -0.384. The molecule has 1 N–H and O–H groups in total. The Labute approximate surface area is 169 Å². The highest BCUT2D eigenvalue weighted by atomic mass is 16.6. The molecule has 1 heterocycles. The van der Waals surface area contributed by atoms with Gasteiger partial charge in [-0.2, -0.15) is 5.10 Å². The zero-order chi connectivity index (χ0) is 21.5. The van der Waals surface area contributed by atoms with E-state index in [0.717, 1.165) is 0 Å². The summed E-state index contributed by atoms with van der Waals surface area (Å²) in [6.45, 7) is 10.2. The summed E-state index contributed by atoms with van der Waals surface area (Å²) in [5.74, 6) is -0.0802. The minimum absolute atomic E-state index is 0.00679.